The molecule has 5 aliphatic rings. The van der Waals surface area contributed by atoms with Gasteiger partial charge in [0.1, 0.15) is 48.1 Å². The van der Waals surface area contributed by atoms with Gasteiger partial charge in [-0.15, -0.1) is 0 Å². The number of carbonyl (C=O) groups is 5. The molecule has 10 heterocycles. The van der Waals surface area contributed by atoms with Crippen molar-refractivity contribution in [1.82, 2.24) is 40.2 Å². The number of amides is 1. The summed E-state index contributed by atoms with van der Waals surface area (Å²) in [6.45, 7) is 1.06. The summed E-state index contributed by atoms with van der Waals surface area (Å²) in [6.07, 6.45) is 12.6. The molecule has 9 aromatic rings. The van der Waals surface area contributed by atoms with Gasteiger partial charge in [-0.05, 0) is 127 Å². The normalized spacial score (nSPS) is 19.0. The van der Waals surface area contributed by atoms with Crippen molar-refractivity contribution in [2.75, 3.05) is 13.7 Å². The van der Waals surface area contributed by atoms with E-state index >= 15 is 0 Å². The Morgan fingerprint density at radius 3 is 1.64 bits per heavy atom. The highest BCUT2D eigenvalue weighted by Gasteiger charge is 2.50. The summed E-state index contributed by atoms with van der Waals surface area (Å²) in [4.78, 5) is 95.2. The quantitative estimate of drug-likeness (QED) is 0.0271. The number of aromatic amines is 2. The Balaban J connectivity index is 0.00000122. The molecule has 7 aromatic heterocycles. The number of nitrogens with zero attached hydrogens (tertiary/aromatic N) is 6. The monoisotopic (exact) mass is 1360 g/mol. The number of aliphatic hydroxyl groups excluding tert-OH is 2. The van der Waals surface area contributed by atoms with Crippen molar-refractivity contribution in [2.24, 2.45) is 0 Å². The number of carboxylic acids is 1. The van der Waals surface area contributed by atoms with E-state index in [9.17, 15) is 57.9 Å². The molecule has 26 heteroatoms. The lowest BCUT2D eigenvalue weighted by Gasteiger charge is -2.43. The first-order valence-electron chi connectivity index (χ1n) is 31.8. The molecule has 1 amide bonds. The second-order valence-electron chi connectivity index (χ2n) is 24.4. The Bertz CT molecular complexity index is 4950. The molecule has 0 spiro atoms. The minimum absolute atomic E-state index is 0.0605. The molecule has 1 saturated heterocycles. The Morgan fingerprint density at radius 1 is 0.690 bits per heavy atom. The fraction of sp³-hybridized carbons (Fsp3) is 0.230. The highest BCUT2D eigenvalue weighted by molar-refractivity contribution is 6.31. The molecule has 0 radical (unpaired) electrons. The predicted molar refractivity (Wildman–Crippen MR) is 355 cm³/mol. The van der Waals surface area contributed by atoms with Gasteiger partial charge in [0, 0.05) is 142 Å². The zero-order chi connectivity index (χ0) is 70.3. The molecule has 2 aromatic carbocycles. The van der Waals surface area contributed by atoms with E-state index in [1.54, 1.807) is 44.1 Å². The number of H-pyrrole nitrogens is 2. The lowest BCUT2D eigenvalue weighted by atomic mass is 9.72. The summed E-state index contributed by atoms with van der Waals surface area (Å²) < 4.78 is 51.5. The Morgan fingerprint density at radius 2 is 1.17 bits per heavy atom. The molecule has 8 N–H and O–H groups in total. The number of aromatic nitrogens is 8. The van der Waals surface area contributed by atoms with E-state index in [0.29, 0.717) is 19.4 Å². The number of phenolic OH excluding ortho intramolecular Hbond substituents is 2. The van der Waals surface area contributed by atoms with E-state index in [0.717, 1.165) is 89.4 Å². The number of phenols is 2. The highest BCUT2D eigenvalue weighted by Crippen LogP contribution is 2.53. The summed E-state index contributed by atoms with van der Waals surface area (Å²) in [7, 11) is 1.32. The number of carbonyl (C=O) groups excluding carboxylic acids is 5. The smallest absolute Gasteiger partial charge is 0.430 e. The molecule has 0 saturated carbocycles. The molecule has 1 fully saturated rings. The van der Waals surface area contributed by atoms with Gasteiger partial charge in [-0.25, -0.2) is 14.5 Å². The molecule has 508 valence electrons. The summed E-state index contributed by atoms with van der Waals surface area (Å²) in [5.41, 5.74) is 9.60. The number of hydrogen-bond donors (Lipinski definition) is 8. The number of carboxylic acid groups (broad SMARTS) is 1. The maximum absolute atomic E-state index is 14.2. The van der Waals surface area contributed by atoms with Gasteiger partial charge in [-0.2, -0.15) is 13.2 Å². The molecule has 2 aliphatic carbocycles. The molecular formula is C74H62F3N9O14. The maximum Gasteiger partial charge on any atom is 0.430 e. The van der Waals surface area contributed by atoms with Crippen LogP contribution in [0.3, 0.4) is 0 Å². The van der Waals surface area contributed by atoms with E-state index in [4.69, 9.17) is 34.1 Å². The molecular weight excluding hydrogens is 1300 g/mol. The number of aromatic hydroxyl groups is 2. The average Bonchev–Trinajstić information content (AvgIpc) is 0.897. The number of rotatable bonds is 15. The van der Waals surface area contributed by atoms with Crippen LogP contribution in [-0.4, -0.2) is 140 Å². The molecule has 8 bridgehead atoms. The summed E-state index contributed by atoms with van der Waals surface area (Å²) >= 11 is 0. The zero-order valence-electron chi connectivity index (χ0n) is 53.4. The number of fused-ring (bicyclic) bond motifs is 11. The van der Waals surface area contributed by atoms with E-state index in [-0.39, 0.29) is 46.8 Å². The second-order valence-corrected chi connectivity index (χ2v) is 24.4. The van der Waals surface area contributed by atoms with Crippen LogP contribution in [0.15, 0.2) is 141 Å². The van der Waals surface area contributed by atoms with Gasteiger partial charge in [0.05, 0.1) is 64.8 Å². The minimum atomic E-state index is -5.19. The van der Waals surface area contributed by atoms with Crippen LogP contribution in [0.1, 0.15) is 111 Å². The summed E-state index contributed by atoms with van der Waals surface area (Å²) in [5, 5.41) is 68.7. The summed E-state index contributed by atoms with van der Waals surface area (Å²) in [6, 6.07) is 27.7. The van der Waals surface area contributed by atoms with Gasteiger partial charge in [-0.3, -0.25) is 34.1 Å². The Hall–Kier alpha value is -11.4. The number of benzene rings is 2. The van der Waals surface area contributed by atoms with Crippen molar-refractivity contribution in [2.45, 2.75) is 94.4 Å². The molecule has 6 atom stereocenters. The van der Waals surface area contributed by atoms with Crippen LogP contribution in [0.2, 0.25) is 0 Å². The van der Waals surface area contributed by atoms with E-state index in [1.807, 2.05) is 89.8 Å². The number of hydrogen-bond acceptors (Lipinski definition) is 19. The minimum Gasteiger partial charge on any atom is -0.542 e. The topological polar surface area (TPSA) is 349 Å². The second kappa shape index (κ2) is 27.5. The third-order valence-corrected chi connectivity index (χ3v) is 18.2. The molecule has 100 heavy (non-hydrogen) atoms. The van der Waals surface area contributed by atoms with Crippen LogP contribution in [-0.2, 0) is 36.8 Å². The number of pyridine rings is 4. The fourth-order valence-electron chi connectivity index (χ4n) is 13.5. The fourth-order valence-corrected chi connectivity index (χ4v) is 13.5. The number of unbranched alkanes of at least 4 members (excludes halogenated alkanes) is 1. The number of halogens is 3. The molecule has 14 rings (SSSR count). The van der Waals surface area contributed by atoms with Crippen LogP contribution in [0.4, 0.5) is 13.2 Å². The zero-order valence-corrected chi connectivity index (χ0v) is 53.4. The maximum atomic E-state index is 14.2. The third-order valence-electron chi connectivity index (χ3n) is 18.2. The first kappa shape index (κ1) is 67.2. The van der Waals surface area contributed by atoms with Gasteiger partial charge >= 0.3 is 6.18 Å². The van der Waals surface area contributed by atoms with Crippen LogP contribution in [0.25, 0.3) is 90.9 Å². The lowest BCUT2D eigenvalue weighted by Crippen LogP contribution is -2.55. The molecule has 0 unspecified atom stereocenters. The Kier molecular flexibility index (Phi) is 18.5. The van der Waals surface area contributed by atoms with Crippen LogP contribution >= 0.6 is 0 Å². The number of nitrogens with one attached hydrogen (secondary N) is 3. The van der Waals surface area contributed by atoms with Gasteiger partial charge in [-0.1, -0.05) is 12.1 Å². The van der Waals surface area contributed by atoms with Crippen molar-refractivity contribution in [3.63, 3.8) is 0 Å². The van der Waals surface area contributed by atoms with E-state index < -0.39 is 108 Å². The van der Waals surface area contributed by atoms with Crippen molar-refractivity contribution in [3.05, 3.63) is 197 Å². The number of aliphatic hydroxyl groups is 3. The summed E-state index contributed by atoms with van der Waals surface area (Å²) in [5.74, 6) is -7.41. The largest absolute Gasteiger partial charge is 0.542 e. The number of ether oxygens (including phenoxy) is 3. The lowest BCUT2D eigenvalue weighted by molar-refractivity contribution is -0.697. The molecule has 23 nitrogen and oxygen atoms in total. The van der Waals surface area contributed by atoms with Gasteiger partial charge in [0.25, 0.3) is 0 Å². The number of ketones is 3. The number of alkyl halides is 3. The van der Waals surface area contributed by atoms with Crippen LogP contribution < -0.4 is 19.7 Å². The first-order valence-corrected chi connectivity index (χ1v) is 31.8. The highest BCUT2D eigenvalue weighted by atomic mass is 19.4. The first-order chi connectivity index (χ1) is 48.1. The van der Waals surface area contributed by atoms with Crippen molar-refractivity contribution < 1.29 is 86.6 Å². The number of methoxy groups -OCH3 is 1. The standard InChI is InChI=1S/C72H61N9O12.C2HF3O2/c1-38-67(85)53(34-58(92-38)93-55-36-72(90,56(83)37-82)35-44-64(55)71(89)66-65(69(44)87)68(86)43-6-5-7-54(91-2)63(43)70(66)88)80-57(84)8-3-4-31-81-32-23-42(24-33-81)62-51-15-13-49(78-51)60(40-19-27-74-28-20-40)47-11-9-45(76-47)59(39-17-25-73-26-18-39)46-10-12-48(77-46)61(41-21-29-75-30-22-41)50-14-16-52(62)79-50;3-2(4,5)1(6)7/h5-7,9-30,32-33,38,53,55,58,67,82,85,90H,3-4,8,31,34-37H2,1-2H3,(H4,73,74,75,76,77,78,79,80,84,86,87,88,89);(H,6,7)/t38-,53+,55-,58-,67+,72-;/m0./s1. The molecule has 3 aliphatic heterocycles. The Labute approximate surface area is 566 Å². The number of Topliss-reactive ketones (excluding diaryl/α,β-unsaturated/α-hetero) is 1. The third kappa shape index (κ3) is 12.9. The SMILES string of the molecule is COc1cccc2c1C(=O)c1c(O)c3c(c(O)c1C2=O)C[C@@](O)(C(=O)CO)C[C@@H]3O[C@H]1C[C@@H](NC(=O)CCCC[n+]2ccc(-c3c4nc(c(-c5ccncc5)c5ccc([nH]5)c(-c5ccncc5)c5nc(c(-c6ccncc6)c6ccc3[nH]6)C=C5)C=C4)cc2)[C@H](O)[C@H](C)O1.O=C([O-])C(F)(F)F. The average molecular weight is 1360 g/mol. The van der Waals surface area contributed by atoms with Crippen molar-refractivity contribution in [1.29, 1.82) is 0 Å². The van der Waals surface area contributed by atoms with Crippen molar-refractivity contribution in [3.8, 4) is 61.8 Å². The van der Waals surface area contributed by atoms with Crippen LogP contribution in [0.5, 0.6) is 17.2 Å². The number of aryl methyl sites for hydroxylation is 1. The van der Waals surface area contributed by atoms with Gasteiger partial charge in [0.15, 0.2) is 30.3 Å². The van der Waals surface area contributed by atoms with E-state index in [1.165, 1.54) is 25.3 Å². The van der Waals surface area contributed by atoms with Gasteiger partial charge in [0.2, 0.25) is 11.7 Å². The van der Waals surface area contributed by atoms with Gasteiger partial charge < -0.3 is 64.9 Å². The van der Waals surface area contributed by atoms with E-state index in [2.05, 4.69) is 54.5 Å². The number of aliphatic carboxylic acids is 1. The predicted octanol–water partition coefficient (Wildman–Crippen LogP) is 8.44. The van der Waals surface area contributed by atoms with Crippen molar-refractivity contribution >= 4 is 75.6 Å². The van der Waals surface area contributed by atoms with Crippen LogP contribution in [0, 0.1) is 0 Å².